The van der Waals surface area contributed by atoms with Crippen LogP contribution in [0.1, 0.15) is 44.9 Å². The number of rotatable bonds is 6. The SMILES string of the molecule is O=C(CNC1CC1)N(CCO)C1CCCCC1. The van der Waals surface area contributed by atoms with Crippen molar-refractivity contribution in [2.24, 2.45) is 0 Å². The molecule has 1 amide bonds. The predicted octanol–water partition coefficient (Wildman–Crippen LogP) is 0.892. The molecule has 0 radical (unpaired) electrons. The molecule has 0 spiro atoms. The van der Waals surface area contributed by atoms with Gasteiger partial charge >= 0.3 is 0 Å². The summed E-state index contributed by atoms with van der Waals surface area (Å²) in [5.74, 6) is 0.165. The van der Waals surface area contributed by atoms with E-state index in [2.05, 4.69) is 5.32 Å². The smallest absolute Gasteiger partial charge is 0.236 e. The normalized spacial score (nSPS) is 21.5. The van der Waals surface area contributed by atoms with Gasteiger partial charge in [-0.05, 0) is 25.7 Å². The number of aliphatic hydroxyl groups is 1. The maximum Gasteiger partial charge on any atom is 0.236 e. The Kier molecular flexibility index (Phi) is 4.80. The topological polar surface area (TPSA) is 52.6 Å². The lowest BCUT2D eigenvalue weighted by Gasteiger charge is -2.34. The van der Waals surface area contributed by atoms with Crippen molar-refractivity contribution in [3.8, 4) is 0 Å². The molecule has 2 N–H and O–H groups in total. The number of carbonyl (C=O) groups excluding carboxylic acids is 1. The van der Waals surface area contributed by atoms with Gasteiger partial charge in [0.05, 0.1) is 13.2 Å². The molecule has 0 heterocycles. The Morgan fingerprint density at radius 2 is 1.88 bits per heavy atom. The number of nitrogens with one attached hydrogen (secondary N) is 1. The maximum atomic E-state index is 12.1. The Bertz CT molecular complexity index is 248. The Labute approximate surface area is 103 Å². The Balaban J connectivity index is 1.82. The van der Waals surface area contributed by atoms with Crippen LogP contribution in [0.4, 0.5) is 0 Å². The van der Waals surface area contributed by atoms with E-state index in [0.29, 0.717) is 25.2 Å². The second-order valence-electron chi connectivity index (χ2n) is 5.26. The highest BCUT2D eigenvalue weighted by molar-refractivity contribution is 5.78. The summed E-state index contributed by atoms with van der Waals surface area (Å²) in [5.41, 5.74) is 0. The second kappa shape index (κ2) is 6.36. The van der Waals surface area contributed by atoms with Gasteiger partial charge in [0.2, 0.25) is 5.91 Å². The fourth-order valence-corrected chi connectivity index (χ4v) is 2.63. The first kappa shape index (κ1) is 12.8. The molecular formula is C13H24N2O2. The van der Waals surface area contributed by atoms with Crippen molar-refractivity contribution in [1.82, 2.24) is 10.2 Å². The van der Waals surface area contributed by atoms with Gasteiger partial charge in [0.25, 0.3) is 0 Å². The molecule has 0 saturated heterocycles. The van der Waals surface area contributed by atoms with Crippen LogP contribution in [0.5, 0.6) is 0 Å². The van der Waals surface area contributed by atoms with Crippen LogP contribution in [0.25, 0.3) is 0 Å². The van der Waals surface area contributed by atoms with Gasteiger partial charge in [-0.15, -0.1) is 0 Å². The molecule has 4 nitrogen and oxygen atoms in total. The first-order valence-corrected chi connectivity index (χ1v) is 6.95. The molecular weight excluding hydrogens is 216 g/mol. The minimum Gasteiger partial charge on any atom is -0.395 e. The summed E-state index contributed by atoms with van der Waals surface area (Å²) in [7, 11) is 0. The summed E-state index contributed by atoms with van der Waals surface area (Å²) in [6.45, 7) is 1.02. The first-order valence-electron chi connectivity index (χ1n) is 6.95. The Morgan fingerprint density at radius 3 is 2.47 bits per heavy atom. The zero-order valence-corrected chi connectivity index (χ0v) is 10.5. The zero-order chi connectivity index (χ0) is 12.1. The van der Waals surface area contributed by atoms with Crippen molar-refractivity contribution >= 4 is 5.91 Å². The van der Waals surface area contributed by atoms with E-state index in [1.807, 2.05) is 4.90 Å². The van der Waals surface area contributed by atoms with Gasteiger partial charge in [-0.25, -0.2) is 0 Å². The van der Waals surface area contributed by atoms with E-state index in [0.717, 1.165) is 12.8 Å². The van der Waals surface area contributed by atoms with Gasteiger partial charge in [-0.3, -0.25) is 4.79 Å². The number of aliphatic hydroxyl groups excluding tert-OH is 1. The average molecular weight is 240 g/mol. The monoisotopic (exact) mass is 240 g/mol. The molecule has 2 saturated carbocycles. The molecule has 0 atom stereocenters. The average Bonchev–Trinajstić information content (AvgIpc) is 3.18. The van der Waals surface area contributed by atoms with Crippen LogP contribution < -0.4 is 5.32 Å². The molecule has 2 rings (SSSR count). The molecule has 4 heteroatoms. The van der Waals surface area contributed by atoms with Crippen molar-refractivity contribution < 1.29 is 9.90 Å². The molecule has 0 aliphatic heterocycles. The molecule has 2 aliphatic rings. The van der Waals surface area contributed by atoms with E-state index >= 15 is 0 Å². The third kappa shape index (κ3) is 3.96. The van der Waals surface area contributed by atoms with Gasteiger partial charge in [0, 0.05) is 18.6 Å². The molecule has 0 aromatic rings. The van der Waals surface area contributed by atoms with Gasteiger partial charge in [0.1, 0.15) is 0 Å². The Hall–Kier alpha value is -0.610. The molecule has 17 heavy (non-hydrogen) atoms. The lowest BCUT2D eigenvalue weighted by Crippen LogP contribution is -2.47. The van der Waals surface area contributed by atoms with Gasteiger partial charge in [-0.1, -0.05) is 19.3 Å². The zero-order valence-electron chi connectivity index (χ0n) is 10.5. The number of hydrogen-bond donors (Lipinski definition) is 2. The minimum absolute atomic E-state index is 0.0751. The molecule has 2 fully saturated rings. The van der Waals surface area contributed by atoms with E-state index in [9.17, 15) is 4.79 Å². The van der Waals surface area contributed by atoms with E-state index in [4.69, 9.17) is 5.11 Å². The number of amides is 1. The molecule has 0 aromatic heterocycles. The van der Waals surface area contributed by atoms with Crippen molar-refractivity contribution in [1.29, 1.82) is 0 Å². The van der Waals surface area contributed by atoms with Gasteiger partial charge in [0.15, 0.2) is 0 Å². The summed E-state index contributed by atoms with van der Waals surface area (Å²) in [4.78, 5) is 14.0. The molecule has 0 aromatic carbocycles. The van der Waals surface area contributed by atoms with Crippen LogP contribution in [0, 0.1) is 0 Å². The van der Waals surface area contributed by atoms with Crippen molar-refractivity contribution in [2.75, 3.05) is 19.7 Å². The molecule has 0 unspecified atom stereocenters. The highest BCUT2D eigenvalue weighted by Gasteiger charge is 2.27. The highest BCUT2D eigenvalue weighted by atomic mass is 16.3. The molecule has 98 valence electrons. The third-order valence-electron chi connectivity index (χ3n) is 3.80. The van der Waals surface area contributed by atoms with Crippen molar-refractivity contribution in [3.05, 3.63) is 0 Å². The fourth-order valence-electron chi connectivity index (χ4n) is 2.63. The third-order valence-corrected chi connectivity index (χ3v) is 3.80. The summed E-state index contributed by atoms with van der Waals surface area (Å²) in [6.07, 6.45) is 8.35. The van der Waals surface area contributed by atoms with Crippen LogP contribution in [0.15, 0.2) is 0 Å². The predicted molar refractivity (Wildman–Crippen MR) is 66.7 cm³/mol. The summed E-state index contributed by atoms with van der Waals surface area (Å²) in [6, 6.07) is 0.936. The lowest BCUT2D eigenvalue weighted by atomic mass is 9.94. The van der Waals surface area contributed by atoms with Crippen LogP contribution in [-0.2, 0) is 4.79 Å². The summed E-state index contributed by atoms with van der Waals surface area (Å²) < 4.78 is 0. The number of nitrogens with zero attached hydrogens (tertiary/aromatic N) is 1. The second-order valence-corrected chi connectivity index (χ2v) is 5.26. The number of carbonyl (C=O) groups is 1. The largest absolute Gasteiger partial charge is 0.395 e. The summed E-state index contributed by atoms with van der Waals surface area (Å²) in [5, 5.41) is 12.4. The minimum atomic E-state index is 0.0751. The van der Waals surface area contributed by atoms with E-state index in [1.54, 1.807) is 0 Å². The maximum absolute atomic E-state index is 12.1. The standard InChI is InChI=1S/C13H24N2O2/c16-9-8-15(12-4-2-1-3-5-12)13(17)10-14-11-6-7-11/h11-12,14,16H,1-10H2. The van der Waals surface area contributed by atoms with Crippen molar-refractivity contribution in [2.45, 2.75) is 57.0 Å². The van der Waals surface area contributed by atoms with Crippen LogP contribution in [-0.4, -0.2) is 47.7 Å². The number of hydrogen-bond acceptors (Lipinski definition) is 3. The fraction of sp³-hybridized carbons (Fsp3) is 0.923. The first-order chi connectivity index (χ1) is 8.31. The van der Waals surface area contributed by atoms with Crippen LogP contribution in [0.3, 0.4) is 0 Å². The Morgan fingerprint density at radius 1 is 1.18 bits per heavy atom. The van der Waals surface area contributed by atoms with Gasteiger partial charge in [-0.2, -0.15) is 0 Å². The van der Waals surface area contributed by atoms with Crippen LogP contribution in [0.2, 0.25) is 0 Å². The highest BCUT2D eigenvalue weighted by Crippen LogP contribution is 2.23. The van der Waals surface area contributed by atoms with Crippen LogP contribution >= 0.6 is 0 Å². The quantitative estimate of drug-likeness (QED) is 0.725. The molecule has 0 bridgehead atoms. The molecule has 2 aliphatic carbocycles. The van der Waals surface area contributed by atoms with E-state index in [1.165, 1.54) is 32.1 Å². The van der Waals surface area contributed by atoms with E-state index in [-0.39, 0.29) is 12.5 Å². The van der Waals surface area contributed by atoms with Crippen molar-refractivity contribution in [3.63, 3.8) is 0 Å². The lowest BCUT2D eigenvalue weighted by molar-refractivity contribution is -0.133. The van der Waals surface area contributed by atoms with E-state index < -0.39 is 0 Å². The summed E-state index contributed by atoms with van der Waals surface area (Å²) >= 11 is 0. The van der Waals surface area contributed by atoms with Gasteiger partial charge < -0.3 is 15.3 Å².